The summed E-state index contributed by atoms with van der Waals surface area (Å²) >= 11 is 0. The normalized spacial score (nSPS) is 24.5. The highest BCUT2D eigenvalue weighted by atomic mass is 16.5. The standard InChI is InChI=1S/C24H33NO3/c1-2-28-22(27)23(11-6-10-19-8-4-3-5-9-19)14-16-25(17-15-23)21(26)20-18-24(20)12-7-13-24/h3-5,8-9,20H,2,6-7,10-18H2,1H3/t20-/m0/s1. The first kappa shape index (κ1) is 19.5. The zero-order valence-corrected chi connectivity index (χ0v) is 17.1. The molecule has 4 nitrogen and oxygen atoms in total. The molecule has 0 aromatic heterocycles. The van der Waals surface area contributed by atoms with Gasteiger partial charge in [0.2, 0.25) is 5.91 Å². The molecule has 1 atom stereocenters. The molecule has 1 heterocycles. The van der Waals surface area contributed by atoms with Gasteiger partial charge >= 0.3 is 5.97 Å². The predicted molar refractivity (Wildman–Crippen MR) is 109 cm³/mol. The van der Waals surface area contributed by atoms with Crippen LogP contribution in [0.3, 0.4) is 0 Å². The molecule has 2 saturated carbocycles. The number of carbonyl (C=O) groups is 2. The van der Waals surface area contributed by atoms with E-state index in [1.54, 1.807) is 0 Å². The van der Waals surface area contributed by atoms with Crippen LogP contribution in [0.2, 0.25) is 0 Å². The number of ether oxygens (including phenoxy) is 1. The number of benzene rings is 1. The molecule has 2 aliphatic carbocycles. The topological polar surface area (TPSA) is 46.6 Å². The van der Waals surface area contributed by atoms with Gasteiger partial charge in [-0.15, -0.1) is 0 Å². The van der Waals surface area contributed by atoms with Crippen LogP contribution in [0.25, 0.3) is 0 Å². The molecule has 1 amide bonds. The Balaban J connectivity index is 1.34. The highest BCUT2D eigenvalue weighted by molar-refractivity contribution is 5.84. The molecule has 1 aromatic rings. The van der Waals surface area contributed by atoms with Gasteiger partial charge in [0.25, 0.3) is 0 Å². The van der Waals surface area contributed by atoms with Crippen molar-refractivity contribution in [3.63, 3.8) is 0 Å². The third-order valence-electron chi connectivity index (χ3n) is 7.54. The molecule has 3 fully saturated rings. The predicted octanol–water partition coefficient (Wildman–Crippen LogP) is 4.37. The zero-order chi connectivity index (χ0) is 19.6. The summed E-state index contributed by atoms with van der Waals surface area (Å²) in [5.74, 6) is 0.563. The van der Waals surface area contributed by atoms with Crippen LogP contribution in [0.4, 0.5) is 0 Å². The van der Waals surface area contributed by atoms with E-state index in [9.17, 15) is 9.59 Å². The quantitative estimate of drug-likeness (QED) is 0.657. The highest BCUT2D eigenvalue weighted by Crippen LogP contribution is 2.66. The molecular formula is C24H33NO3. The molecule has 0 radical (unpaired) electrons. The monoisotopic (exact) mass is 383 g/mol. The maximum absolute atomic E-state index is 12.9. The molecule has 1 spiro atoms. The lowest BCUT2D eigenvalue weighted by Crippen LogP contribution is -2.48. The number of amides is 1. The Morgan fingerprint density at radius 1 is 1.11 bits per heavy atom. The van der Waals surface area contributed by atoms with Crippen LogP contribution < -0.4 is 0 Å². The van der Waals surface area contributed by atoms with Gasteiger partial charge in [-0.2, -0.15) is 0 Å². The fourth-order valence-corrected chi connectivity index (χ4v) is 5.37. The van der Waals surface area contributed by atoms with Crippen molar-refractivity contribution >= 4 is 11.9 Å². The molecule has 0 unspecified atom stereocenters. The van der Waals surface area contributed by atoms with Crippen molar-refractivity contribution in [2.24, 2.45) is 16.7 Å². The lowest BCUT2D eigenvalue weighted by Gasteiger charge is -2.40. The first-order valence-corrected chi connectivity index (χ1v) is 11.1. The van der Waals surface area contributed by atoms with Gasteiger partial charge < -0.3 is 9.64 Å². The van der Waals surface area contributed by atoms with Crippen molar-refractivity contribution in [1.82, 2.24) is 4.90 Å². The maximum Gasteiger partial charge on any atom is 0.312 e. The first-order valence-electron chi connectivity index (χ1n) is 11.1. The minimum absolute atomic E-state index is 0.0583. The van der Waals surface area contributed by atoms with E-state index in [2.05, 4.69) is 24.3 Å². The zero-order valence-electron chi connectivity index (χ0n) is 17.1. The van der Waals surface area contributed by atoms with Gasteiger partial charge in [-0.25, -0.2) is 0 Å². The second-order valence-electron chi connectivity index (χ2n) is 9.14. The fraction of sp³-hybridized carbons (Fsp3) is 0.667. The Hall–Kier alpha value is -1.84. The fourth-order valence-electron chi connectivity index (χ4n) is 5.37. The number of carbonyl (C=O) groups excluding carboxylic acids is 2. The largest absolute Gasteiger partial charge is 0.466 e. The summed E-state index contributed by atoms with van der Waals surface area (Å²) in [7, 11) is 0. The minimum Gasteiger partial charge on any atom is -0.466 e. The molecule has 3 aliphatic rings. The average Bonchev–Trinajstić information content (AvgIpc) is 3.46. The van der Waals surface area contributed by atoms with Gasteiger partial charge in [0, 0.05) is 19.0 Å². The number of rotatable bonds is 7. The van der Waals surface area contributed by atoms with Crippen LogP contribution in [0, 0.1) is 16.7 Å². The number of likely N-dealkylation sites (tertiary alicyclic amines) is 1. The van der Waals surface area contributed by atoms with Crippen molar-refractivity contribution in [3.8, 4) is 0 Å². The van der Waals surface area contributed by atoms with Crippen LogP contribution in [0.5, 0.6) is 0 Å². The SMILES string of the molecule is CCOC(=O)C1(CCCc2ccccc2)CCN(C(=O)[C@@H]2CC23CCC3)CC1. The molecule has 4 rings (SSSR count). The Morgan fingerprint density at radius 3 is 2.39 bits per heavy atom. The van der Waals surface area contributed by atoms with Crippen molar-refractivity contribution in [1.29, 1.82) is 0 Å². The summed E-state index contributed by atoms with van der Waals surface area (Å²) in [5.41, 5.74) is 1.27. The molecule has 1 aromatic carbocycles. The lowest BCUT2D eigenvalue weighted by molar-refractivity contribution is -0.161. The van der Waals surface area contributed by atoms with Crippen molar-refractivity contribution < 1.29 is 14.3 Å². The summed E-state index contributed by atoms with van der Waals surface area (Å²) in [6.45, 7) is 3.71. The van der Waals surface area contributed by atoms with E-state index in [1.165, 1.54) is 24.8 Å². The van der Waals surface area contributed by atoms with Crippen LogP contribution in [-0.2, 0) is 20.7 Å². The van der Waals surface area contributed by atoms with E-state index in [-0.39, 0.29) is 11.9 Å². The van der Waals surface area contributed by atoms with E-state index >= 15 is 0 Å². The van der Waals surface area contributed by atoms with E-state index in [1.807, 2.05) is 17.9 Å². The molecule has 28 heavy (non-hydrogen) atoms. The number of aryl methyl sites for hydroxylation is 1. The summed E-state index contributed by atoms with van der Waals surface area (Å²) in [4.78, 5) is 27.7. The van der Waals surface area contributed by atoms with Crippen molar-refractivity contribution in [2.75, 3.05) is 19.7 Å². The van der Waals surface area contributed by atoms with Crippen LogP contribution in [0.1, 0.15) is 63.9 Å². The van der Waals surface area contributed by atoms with Crippen LogP contribution in [0.15, 0.2) is 30.3 Å². The average molecular weight is 384 g/mol. The number of piperidine rings is 1. The van der Waals surface area contributed by atoms with E-state index in [0.717, 1.165) is 38.5 Å². The number of nitrogens with zero attached hydrogens (tertiary/aromatic N) is 1. The highest BCUT2D eigenvalue weighted by Gasteiger charge is 2.62. The van der Waals surface area contributed by atoms with E-state index < -0.39 is 5.41 Å². The van der Waals surface area contributed by atoms with E-state index in [4.69, 9.17) is 4.74 Å². The lowest BCUT2D eigenvalue weighted by atomic mass is 9.74. The number of hydrogen-bond donors (Lipinski definition) is 0. The summed E-state index contributed by atoms with van der Waals surface area (Å²) in [6.07, 6.45) is 9.15. The molecule has 1 aliphatic heterocycles. The smallest absolute Gasteiger partial charge is 0.312 e. The molecule has 0 N–H and O–H groups in total. The number of esters is 1. The van der Waals surface area contributed by atoms with Crippen LogP contribution in [-0.4, -0.2) is 36.5 Å². The van der Waals surface area contributed by atoms with Gasteiger partial charge in [-0.1, -0.05) is 36.8 Å². The van der Waals surface area contributed by atoms with Crippen molar-refractivity contribution in [2.45, 2.75) is 64.7 Å². The summed E-state index contributed by atoms with van der Waals surface area (Å²) in [5, 5.41) is 0. The van der Waals surface area contributed by atoms with Gasteiger partial charge in [0.05, 0.1) is 12.0 Å². The first-order chi connectivity index (χ1) is 13.6. The second-order valence-corrected chi connectivity index (χ2v) is 9.14. The Bertz CT molecular complexity index is 702. The van der Waals surface area contributed by atoms with Gasteiger partial charge in [-0.05, 0) is 69.3 Å². The van der Waals surface area contributed by atoms with Gasteiger partial charge in [-0.3, -0.25) is 9.59 Å². The maximum atomic E-state index is 12.9. The van der Waals surface area contributed by atoms with E-state index in [0.29, 0.717) is 31.0 Å². The third kappa shape index (κ3) is 3.70. The molecule has 0 bridgehead atoms. The Labute approximate surface area is 168 Å². The third-order valence-corrected chi connectivity index (χ3v) is 7.54. The Morgan fingerprint density at radius 2 is 1.82 bits per heavy atom. The number of hydrogen-bond acceptors (Lipinski definition) is 3. The minimum atomic E-state index is -0.417. The molecule has 4 heteroatoms. The second kappa shape index (κ2) is 7.88. The summed E-state index contributed by atoms with van der Waals surface area (Å²) in [6, 6.07) is 10.4. The molecular weight excluding hydrogens is 350 g/mol. The van der Waals surface area contributed by atoms with Gasteiger partial charge in [0.1, 0.15) is 0 Å². The summed E-state index contributed by atoms with van der Waals surface area (Å²) < 4.78 is 5.46. The van der Waals surface area contributed by atoms with Gasteiger partial charge in [0.15, 0.2) is 0 Å². The Kier molecular flexibility index (Phi) is 5.48. The molecule has 152 valence electrons. The van der Waals surface area contributed by atoms with Crippen LogP contribution >= 0.6 is 0 Å². The molecule has 1 saturated heterocycles. The van der Waals surface area contributed by atoms with Crippen molar-refractivity contribution in [3.05, 3.63) is 35.9 Å².